The molecule has 4 heteroatoms. The van der Waals surface area contributed by atoms with Crippen LogP contribution in [0.25, 0.3) is 0 Å². The van der Waals surface area contributed by atoms with E-state index in [1.807, 2.05) is 13.8 Å². The number of pyridine rings is 1. The molecule has 0 radical (unpaired) electrons. The van der Waals surface area contributed by atoms with E-state index < -0.39 is 0 Å². The van der Waals surface area contributed by atoms with Crippen molar-refractivity contribution in [1.82, 2.24) is 10.3 Å². The van der Waals surface area contributed by atoms with Crippen molar-refractivity contribution in [3.8, 4) is 0 Å². The number of amides is 1. The van der Waals surface area contributed by atoms with Gasteiger partial charge in [0.1, 0.15) is 5.69 Å². The van der Waals surface area contributed by atoms with Crippen molar-refractivity contribution in [3.63, 3.8) is 0 Å². The van der Waals surface area contributed by atoms with Crippen molar-refractivity contribution in [2.75, 3.05) is 0 Å². The monoisotopic (exact) mass is 212 g/mol. The molecule has 0 saturated carbocycles. The Kier molecular flexibility index (Phi) is 3.89. The fraction of sp³-hybridized carbons (Fsp3) is 0.400. The molecule has 0 aliphatic carbocycles. The van der Waals surface area contributed by atoms with Gasteiger partial charge in [0.05, 0.1) is 0 Å². The summed E-state index contributed by atoms with van der Waals surface area (Å²) in [5, 5.41) is 3.34. The summed E-state index contributed by atoms with van der Waals surface area (Å²) in [7, 11) is 0. The van der Waals surface area contributed by atoms with Crippen LogP contribution in [-0.4, -0.2) is 16.9 Å². The average molecular weight is 213 g/mol. The van der Waals surface area contributed by atoms with E-state index in [9.17, 15) is 4.79 Å². The van der Waals surface area contributed by atoms with E-state index in [0.717, 1.165) is 6.42 Å². The van der Waals surface area contributed by atoms with E-state index in [2.05, 4.69) is 10.3 Å². The van der Waals surface area contributed by atoms with Crippen molar-refractivity contribution in [3.05, 3.63) is 29.0 Å². The summed E-state index contributed by atoms with van der Waals surface area (Å²) >= 11 is 5.74. The second-order valence-corrected chi connectivity index (χ2v) is 3.58. The molecule has 3 nitrogen and oxygen atoms in total. The Morgan fingerprint density at radius 3 is 3.00 bits per heavy atom. The highest BCUT2D eigenvalue weighted by Crippen LogP contribution is 2.07. The Balaban J connectivity index is 2.70. The number of rotatable bonds is 3. The van der Waals surface area contributed by atoms with Crippen LogP contribution in [0.1, 0.15) is 30.8 Å². The van der Waals surface area contributed by atoms with Gasteiger partial charge in [0, 0.05) is 17.3 Å². The maximum absolute atomic E-state index is 11.5. The SMILES string of the molecule is CC[C@@H](C)NC(=O)c1cc(Cl)ccn1. The molecule has 1 aromatic rings. The molecule has 1 rings (SSSR count). The normalized spacial score (nSPS) is 12.2. The highest BCUT2D eigenvalue weighted by atomic mass is 35.5. The molecule has 0 aromatic carbocycles. The quantitative estimate of drug-likeness (QED) is 0.835. The fourth-order valence-corrected chi connectivity index (χ4v) is 1.09. The zero-order valence-electron chi connectivity index (χ0n) is 8.25. The third-order valence-corrected chi connectivity index (χ3v) is 2.18. The van der Waals surface area contributed by atoms with Gasteiger partial charge in [0.2, 0.25) is 0 Å². The zero-order chi connectivity index (χ0) is 10.6. The molecule has 1 aromatic heterocycles. The molecule has 1 heterocycles. The zero-order valence-corrected chi connectivity index (χ0v) is 9.01. The fourth-order valence-electron chi connectivity index (χ4n) is 0.929. The van der Waals surface area contributed by atoms with Crippen LogP contribution in [0, 0.1) is 0 Å². The number of carbonyl (C=O) groups excluding carboxylic acids is 1. The van der Waals surface area contributed by atoms with Crippen LogP contribution in [0.5, 0.6) is 0 Å². The van der Waals surface area contributed by atoms with Gasteiger partial charge in [-0.05, 0) is 25.5 Å². The molecular weight excluding hydrogens is 200 g/mol. The van der Waals surface area contributed by atoms with Crippen LogP contribution in [0.4, 0.5) is 0 Å². The Hall–Kier alpha value is -1.09. The van der Waals surface area contributed by atoms with Crippen molar-refractivity contribution in [2.45, 2.75) is 26.3 Å². The minimum Gasteiger partial charge on any atom is -0.348 e. The van der Waals surface area contributed by atoms with Gasteiger partial charge >= 0.3 is 0 Å². The maximum Gasteiger partial charge on any atom is 0.270 e. The van der Waals surface area contributed by atoms with Gasteiger partial charge in [-0.1, -0.05) is 18.5 Å². The van der Waals surface area contributed by atoms with Crippen LogP contribution in [-0.2, 0) is 0 Å². The molecule has 1 atom stereocenters. The Morgan fingerprint density at radius 1 is 1.71 bits per heavy atom. The van der Waals surface area contributed by atoms with Crippen LogP contribution in [0.3, 0.4) is 0 Å². The number of hydrogen-bond acceptors (Lipinski definition) is 2. The molecule has 1 amide bonds. The lowest BCUT2D eigenvalue weighted by Crippen LogP contribution is -2.32. The van der Waals surface area contributed by atoms with Gasteiger partial charge in [-0.3, -0.25) is 9.78 Å². The second-order valence-electron chi connectivity index (χ2n) is 3.14. The van der Waals surface area contributed by atoms with E-state index in [0.29, 0.717) is 10.7 Å². The Bertz CT molecular complexity index is 328. The lowest BCUT2D eigenvalue weighted by molar-refractivity contribution is 0.0934. The second kappa shape index (κ2) is 4.96. The minimum absolute atomic E-state index is 0.156. The van der Waals surface area contributed by atoms with Gasteiger partial charge in [0.15, 0.2) is 0 Å². The average Bonchev–Trinajstić information content (AvgIpc) is 2.17. The molecule has 0 saturated heterocycles. The molecule has 0 aliphatic heterocycles. The van der Waals surface area contributed by atoms with Gasteiger partial charge < -0.3 is 5.32 Å². The number of nitrogens with one attached hydrogen (secondary N) is 1. The highest BCUT2D eigenvalue weighted by molar-refractivity contribution is 6.30. The van der Waals surface area contributed by atoms with E-state index in [4.69, 9.17) is 11.6 Å². The van der Waals surface area contributed by atoms with Crippen LogP contribution >= 0.6 is 11.6 Å². The number of nitrogens with zero attached hydrogens (tertiary/aromatic N) is 1. The molecule has 76 valence electrons. The first-order valence-electron chi connectivity index (χ1n) is 4.56. The number of halogens is 1. The standard InChI is InChI=1S/C10H13ClN2O/c1-3-7(2)13-10(14)9-6-8(11)4-5-12-9/h4-7H,3H2,1-2H3,(H,13,14)/t7-/m1/s1. The summed E-state index contributed by atoms with van der Waals surface area (Å²) in [4.78, 5) is 15.5. The first-order chi connectivity index (χ1) is 6.63. The predicted octanol–water partition coefficient (Wildman–Crippen LogP) is 2.26. The number of carbonyl (C=O) groups is 1. The molecule has 0 aliphatic rings. The molecule has 0 spiro atoms. The topological polar surface area (TPSA) is 42.0 Å². The molecule has 0 unspecified atom stereocenters. The molecular formula is C10H13ClN2O. The molecule has 1 N–H and O–H groups in total. The lowest BCUT2D eigenvalue weighted by Gasteiger charge is -2.10. The molecule has 0 bridgehead atoms. The lowest BCUT2D eigenvalue weighted by atomic mass is 10.2. The van der Waals surface area contributed by atoms with Gasteiger partial charge in [-0.25, -0.2) is 0 Å². The van der Waals surface area contributed by atoms with Crippen molar-refractivity contribution >= 4 is 17.5 Å². The number of aromatic nitrogens is 1. The minimum atomic E-state index is -0.179. The third kappa shape index (κ3) is 3.00. The summed E-state index contributed by atoms with van der Waals surface area (Å²) in [6, 6.07) is 3.35. The first-order valence-corrected chi connectivity index (χ1v) is 4.93. The summed E-state index contributed by atoms with van der Waals surface area (Å²) in [6.07, 6.45) is 2.42. The van der Waals surface area contributed by atoms with Crippen LogP contribution in [0.15, 0.2) is 18.3 Å². The summed E-state index contributed by atoms with van der Waals surface area (Å²) in [5.41, 5.74) is 0.359. The first kappa shape index (κ1) is 11.0. The molecule has 14 heavy (non-hydrogen) atoms. The van der Waals surface area contributed by atoms with E-state index in [1.54, 1.807) is 12.1 Å². The third-order valence-electron chi connectivity index (χ3n) is 1.94. The highest BCUT2D eigenvalue weighted by Gasteiger charge is 2.09. The van der Waals surface area contributed by atoms with Gasteiger partial charge in [0.25, 0.3) is 5.91 Å². The van der Waals surface area contributed by atoms with E-state index >= 15 is 0 Å². The van der Waals surface area contributed by atoms with Gasteiger partial charge in [-0.15, -0.1) is 0 Å². The van der Waals surface area contributed by atoms with Crippen molar-refractivity contribution in [1.29, 1.82) is 0 Å². The van der Waals surface area contributed by atoms with Crippen LogP contribution in [0.2, 0.25) is 5.02 Å². The van der Waals surface area contributed by atoms with E-state index in [-0.39, 0.29) is 11.9 Å². The smallest absolute Gasteiger partial charge is 0.270 e. The largest absolute Gasteiger partial charge is 0.348 e. The van der Waals surface area contributed by atoms with Gasteiger partial charge in [-0.2, -0.15) is 0 Å². The van der Waals surface area contributed by atoms with Crippen LogP contribution < -0.4 is 5.32 Å². The maximum atomic E-state index is 11.5. The molecule has 0 fully saturated rings. The van der Waals surface area contributed by atoms with Crippen molar-refractivity contribution in [2.24, 2.45) is 0 Å². The van der Waals surface area contributed by atoms with Crippen molar-refractivity contribution < 1.29 is 4.79 Å². The van der Waals surface area contributed by atoms with E-state index in [1.165, 1.54) is 6.20 Å². The summed E-state index contributed by atoms with van der Waals surface area (Å²) in [6.45, 7) is 3.96. The number of hydrogen-bond donors (Lipinski definition) is 1. The Labute approximate surface area is 88.5 Å². The summed E-state index contributed by atoms with van der Waals surface area (Å²) in [5.74, 6) is -0.179. The summed E-state index contributed by atoms with van der Waals surface area (Å²) < 4.78 is 0. The Morgan fingerprint density at radius 2 is 2.43 bits per heavy atom. The predicted molar refractivity (Wildman–Crippen MR) is 56.5 cm³/mol.